The van der Waals surface area contributed by atoms with Crippen LogP contribution in [-0.4, -0.2) is 22.3 Å². The maximum atomic E-state index is 13.9. The number of benzene rings is 1. The number of hydrogen-bond acceptors (Lipinski definition) is 3. The molecule has 1 amide bonds. The van der Waals surface area contributed by atoms with Crippen molar-refractivity contribution in [3.05, 3.63) is 59.7 Å². The van der Waals surface area contributed by atoms with Crippen molar-refractivity contribution in [3.63, 3.8) is 0 Å². The van der Waals surface area contributed by atoms with E-state index < -0.39 is 5.82 Å². The van der Waals surface area contributed by atoms with Crippen molar-refractivity contribution in [3.8, 4) is 0 Å². The van der Waals surface area contributed by atoms with Crippen LogP contribution in [0.4, 0.5) is 10.1 Å². The lowest BCUT2D eigenvalue weighted by atomic mass is 10.1. The number of carbonyl (C=O) groups excluding carboxylic acids is 1. The molecule has 1 saturated heterocycles. The predicted octanol–water partition coefficient (Wildman–Crippen LogP) is 2.78. The van der Waals surface area contributed by atoms with Crippen molar-refractivity contribution >= 4 is 11.6 Å². The minimum atomic E-state index is -0.536. The number of likely N-dealkylation sites (tertiary alicyclic amines) is 1. The molecule has 1 fully saturated rings. The Hall–Kier alpha value is -2.43. The Morgan fingerprint density at radius 2 is 2.24 bits per heavy atom. The number of pyridine rings is 1. The number of amides is 1. The zero-order chi connectivity index (χ0) is 14.8. The third kappa shape index (κ3) is 2.59. The van der Waals surface area contributed by atoms with Crippen LogP contribution in [0.15, 0.2) is 42.7 Å². The summed E-state index contributed by atoms with van der Waals surface area (Å²) in [7, 11) is 0. The topological polar surface area (TPSA) is 59.2 Å². The van der Waals surface area contributed by atoms with E-state index in [1.165, 1.54) is 18.2 Å². The second-order valence-electron chi connectivity index (χ2n) is 5.18. The summed E-state index contributed by atoms with van der Waals surface area (Å²) < 4.78 is 13.9. The second-order valence-corrected chi connectivity index (χ2v) is 5.18. The molecule has 2 N–H and O–H groups in total. The highest BCUT2D eigenvalue weighted by molar-refractivity contribution is 5.95. The van der Waals surface area contributed by atoms with Crippen LogP contribution in [0.1, 0.15) is 34.8 Å². The van der Waals surface area contributed by atoms with E-state index in [4.69, 9.17) is 5.73 Å². The van der Waals surface area contributed by atoms with Crippen LogP contribution >= 0.6 is 0 Å². The van der Waals surface area contributed by atoms with Gasteiger partial charge in [0.15, 0.2) is 0 Å². The maximum Gasteiger partial charge on any atom is 0.257 e. The van der Waals surface area contributed by atoms with Crippen LogP contribution < -0.4 is 5.73 Å². The van der Waals surface area contributed by atoms with E-state index in [-0.39, 0.29) is 17.5 Å². The summed E-state index contributed by atoms with van der Waals surface area (Å²) in [6.45, 7) is 0.618. The Labute approximate surface area is 122 Å². The van der Waals surface area contributed by atoms with Crippen molar-refractivity contribution in [1.82, 2.24) is 9.88 Å². The van der Waals surface area contributed by atoms with Gasteiger partial charge in [-0.3, -0.25) is 9.78 Å². The van der Waals surface area contributed by atoms with Crippen LogP contribution in [0.25, 0.3) is 0 Å². The zero-order valence-electron chi connectivity index (χ0n) is 11.5. The molecule has 0 spiro atoms. The van der Waals surface area contributed by atoms with Gasteiger partial charge in [0.1, 0.15) is 5.82 Å². The molecule has 0 radical (unpaired) electrons. The zero-order valence-corrected chi connectivity index (χ0v) is 11.5. The van der Waals surface area contributed by atoms with Crippen molar-refractivity contribution in [2.75, 3.05) is 12.3 Å². The van der Waals surface area contributed by atoms with Gasteiger partial charge < -0.3 is 10.6 Å². The third-order valence-electron chi connectivity index (χ3n) is 3.80. The van der Waals surface area contributed by atoms with Crippen molar-refractivity contribution < 1.29 is 9.18 Å². The molecule has 1 aromatic heterocycles. The van der Waals surface area contributed by atoms with Gasteiger partial charge in [0.2, 0.25) is 0 Å². The van der Waals surface area contributed by atoms with Crippen LogP contribution in [0.5, 0.6) is 0 Å². The van der Waals surface area contributed by atoms with Crippen molar-refractivity contribution in [1.29, 1.82) is 0 Å². The van der Waals surface area contributed by atoms with Gasteiger partial charge in [-0.15, -0.1) is 0 Å². The van der Waals surface area contributed by atoms with Crippen LogP contribution in [0, 0.1) is 5.82 Å². The lowest BCUT2D eigenvalue weighted by Crippen LogP contribution is -2.31. The minimum absolute atomic E-state index is 0.0331. The van der Waals surface area contributed by atoms with E-state index in [9.17, 15) is 9.18 Å². The Morgan fingerprint density at radius 1 is 1.38 bits per heavy atom. The number of nitrogens with two attached hydrogens (primary N) is 1. The molecular formula is C16H16FN3O. The lowest BCUT2D eigenvalue weighted by molar-refractivity contribution is 0.0731. The molecule has 108 valence electrons. The fourth-order valence-electron chi connectivity index (χ4n) is 2.79. The van der Waals surface area contributed by atoms with Crippen molar-refractivity contribution in [2.24, 2.45) is 0 Å². The second kappa shape index (κ2) is 5.52. The monoisotopic (exact) mass is 285 g/mol. The molecule has 4 nitrogen and oxygen atoms in total. The van der Waals surface area contributed by atoms with Gasteiger partial charge in [0, 0.05) is 24.6 Å². The maximum absolute atomic E-state index is 13.9. The Balaban J connectivity index is 1.92. The van der Waals surface area contributed by atoms with E-state index in [1.54, 1.807) is 17.3 Å². The summed E-state index contributed by atoms with van der Waals surface area (Å²) >= 11 is 0. The summed E-state index contributed by atoms with van der Waals surface area (Å²) in [4.78, 5) is 18.4. The first kappa shape index (κ1) is 13.5. The highest BCUT2D eigenvalue weighted by Crippen LogP contribution is 2.33. The van der Waals surface area contributed by atoms with Gasteiger partial charge in [0.05, 0.1) is 11.6 Å². The normalized spacial score (nSPS) is 18.0. The number of halogens is 1. The largest absolute Gasteiger partial charge is 0.399 e. The molecule has 1 atom stereocenters. The standard InChI is InChI=1S/C16H16FN3O/c17-14-6-5-12(18)9-13(14)16(21)20-8-2-4-15(20)11-3-1-7-19-10-11/h1,3,5-7,9-10,15H,2,4,8,18H2. The smallest absolute Gasteiger partial charge is 0.257 e. The number of rotatable bonds is 2. The van der Waals surface area contributed by atoms with Gasteiger partial charge in [-0.2, -0.15) is 0 Å². The third-order valence-corrected chi connectivity index (χ3v) is 3.80. The van der Waals surface area contributed by atoms with E-state index in [0.717, 1.165) is 18.4 Å². The number of nitrogen functional groups attached to an aromatic ring is 1. The van der Waals surface area contributed by atoms with E-state index in [2.05, 4.69) is 4.98 Å². The fourth-order valence-corrected chi connectivity index (χ4v) is 2.79. The molecule has 2 heterocycles. The molecule has 21 heavy (non-hydrogen) atoms. The van der Waals surface area contributed by atoms with Gasteiger partial charge in [-0.25, -0.2) is 4.39 Å². The SMILES string of the molecule is Nc1ccc(F)c(C(=O)N2CCCC2c2cccnc2)c1. The molecule has 3 rings (SSSR count). The summed E-state index contributed by atoms with van der Waals surface area (Å²) in [5.74, 6) is -0.850. The molecule has 5 heteroatoms. The fraction of sp³-hybridized carbons (Fsp3) is 0.250. The van der Waals surface area contributed by atoms with Gasteiger partial charge >= 0.3 is 0 Å². The highest BCUT2D eigenvalue weighted by Gasteiger charge is 2.31. The minimum Gasteiger partial charge on any atom is -0.399 e. The summed E-state index contributed by atoms with van der Waals surface area (Å²) in [5, 5.41) is 0. The molecule has 0 bridgehead atoms. The predicted molar refractivity (Wildman–Crippen MR) is 78.1 cm³/mol. The molecule has 1 aliphatic rings. The summed E-state index contributed by atoms with van der Waals surface area (Å²) in [6.07, 6.45) is 5.21. The molecule has 0 aliphatic carbocycles. The summed E-state index contributed by atoms with van der Waals surface area (Å²) in [6, 6.07) is 7.83. The molecule has 1 unspecified atom stereocenters. The van der Waals surface area contributed by atoms with Crippen LogP contribution in [-0.2, 0) is 0 Å². The number of hydrogen-bond donors (Lipinski definition) is 1. The number of aromatic nitrogens is 1. The van der Waals surface area contributed by atoms with E-state index in [1.807, 2.05) is 12.1 Å². The molecular weight excluding hydrogens is 269 g/mol. The number of carbonyl (C=O) groups is 1. The van der Waals surface area contributed by atoms with Gasteiger partial charge in [0.25, 0.3) is 5.91 Å². The van der Waals surface area contributed by atoms with Crippen LogP contribution in [0.2, 0.25) is 0 Å². The van der Waals surface area contributed by atoms with Gasteiger partial charge in [-0.05, 0) is 42.7 Å². The summed E-state index contributed by atoms with van der Waals surface area (Å²) in [5.41, 5.74) is 7.06. The van der Waals surface area contributed by atoms with Crippen LogP contribution in [0.3, 0.4) is 0 Å². The highest BCUT2D eigenvalue weighted by atomic mass is 19.1. The Kier molecular flexibility index (Phi) is 3.56. The first-order valence-corrected chi connectivity index (χ1v) is 6.93. The quantitative estimate of drug-likeness (QED) is 0.863. The van der Waals surface area contributed by atoms with E-state index in [0.29, 0.717) is 12.2 Å². The van der Waals surface area contributed by atoms with Crippen molar-refractivity contribution in [2.45, 2.75) is 18.9 Å². The lowest BCUT2D eigenvalue weighted by Gasteiger charge is -2.25. The number of nitrogens with zero attached hydrogens (tertiary/aromatic N) is 2. The Bertz CT molecular complexity index is 660. The molecule has 1 aliphatic heterocycles. The molecule has 2 aromatic rings. The van der Waals surface area contributed by atoms with E-state index >= 15 is 0 Å². The first-order valence-electron chi connectivity index (χ1n) is 6.93. The number of anilines is 1. The van der Waals surface area contributed by atoms with Gasteiger partial charge in [-0.1, -0.05) is 6.07 Å². The molecule has 1 aromatic carbocycles. The first-order chi connectivity index (χ1) is 10.2. The Morgan fingerprint density at radius 3 is 3.00 bits per heavy atom. The average molecular weight is 285 g/mol. The molecule has 0 saturated carbocycles. The average Bonchev–Trinajstić information content (AvgIpc) is 2.99.